The number of aromatic nitrogens is 2. The number of hydrogen-bond acceptors (Lipinski definition) is 4. The number of unbranched alkanes of at least 4 members (excludes halogenated alkanes) is 1. The first-order valence-corrected chi connectivity index (χ1v) is 7.56. The number of nitrogens with one attached hydrogen (secondary N) is 1. The minimum Gasteiger partial charge on any atom is -0.373 e. The highest BCUT2D eigenvalue weighted by Gasteiger charge is 2.08. The SMILES string of the molecule is CCCCN(C)c1ccc(C(=O)NCc2ccccn2)nc1. The van der Waals surface area contributed by atoms with E-state index in [-0.39, 0.29) is 5.91 Å². The topological polar surface area (TPSA) is 58.1 Å². The molecule has 0 fully saturated rings. The average molecular weight is 298 g/mol. The van der Waals surface area contributed by atoms with Crippen LogP contribution in [0.4, 0.5) is 5.69 Å². The molecule has 0 aliphatic heterocycles. The van der Waals surface area contributed by atoms with Gasteiger partial charge in [-0.15, -0.1) is 0 Å². The Morgan fingerprint density at radius 1 is 1.23 bits per heavy atom. The largest absolute Gasteiger partial charge is 0.373 e. The molecule has 5 heteroatoms. The Bertz CT molecular complexity index is 583. The number of carbonyl (C=O) groups is 1. The lowest BCUT2D eigenvalue weighted by Crippen LogP contribution is -2.24. The van der Waals surface area contributed by atoms with Gasteiger partial charge in [-0.3, -0.25) is 9.78 Å². The molecule has 0 unspecified atom stereocenters. The molecule has 0 atom stereocenters. The summed E-state index contributed by atoms with van der Waals surface area (Å²) in [6, 6.07) is 9.30. The van der Waals surface area contributed by atoms with Crippen molar-refractivity contribution in [3.63, 3.8) is 0 Å². The third-order valence-electron chi connectivity index (χ3n) is 3.42. The average Bonchev–Trinajstić information content (AvgIpc) is 2.58. The molecule has 2 heterocycles. The summed E-state index contributed by atoms with van der Waals surface area (Å²) in [5, 5.41) is 2.82. The zero-order valence-corrected chi connectivity index (χ0v) is 13.1. The standard InChI is InChI=1S/C17H22N4O/c1-3-4-11-21(2)15-8-9-16(19-13-15)17(22)20-12-14-7-5-6-10-18-14/h5-10,13H,3-4,11-12H2,1-2H3,(H,20,22). The molecule has 0 saturated heterocycles. The van der Waals surface area contributed by atoms with E-state index in [9.17, 15) is 4.79 Å². The van der Waals surface area contributed by atoms with Crippen molar-refractivity contribution in [2.45, 2.75) is 26.3 Å². The van der Waals surface area contributed by atoms with Crippen LogP contribution in [0.5, 0.6) is 0 Å². The van der Waals surface area contributed by atoms with Crippen LogP contribution in [0.3, 0.4) is 0 Å². The minimum atomic E-state index is -0.187. The summed E-state index contributed by atoms with van der Waals surface area (Å²) in [6.07, 6.45) is 5.75. The molecule has 0 aliphatic carbocycles. The summed E-state index contributed by atoms with van der Waals surface area (Å²) in [4.78, 5) is 22.6. The van der Waals surface area contributed by atoms with E-state index in [1.54, 1.807) is 18.5 Å². The van der Waals surface area contributed by atoms with E-state index >= 15 is 0 Å². The number of amides is 1. The van der Waals surface area contributed by atoms with Gasteiger partial charge >= 0.3 is 0 Å². The number of hydrogen-bond donors (Lipinski definition) is 1. The van der Waals surface area contributed by atoms with Gasteiger partial charge in [0.25, 0.3) is 5.91 Å². The van der Waals surface area contributed by atoms with Gasteiger partial charge in [-0.2, -0.15) is 0 Å². The van der Waals surface area contributed by atoms with Crippen LogP contribution in [-0.2, 0) is 6.54 Å². The summed E-state index contributed by atoms with van der Waals surface area (Å²) in [5.74, 6) is -0.187. The lowest BCUT2D eigenvalue weighted by molar-refractivity contribution is 0.0945. The van der Waals surface area contributed by atoms with Crippen LogP contribution in [0.1, 0.15) is 35.9 Å². The first kappa shape index (κ1) is 15.9. The van der Waals surface area contributed by atoms with E-state index in [0.29, 0.717) is 12.2 Å². The van der Waals surface area contributed by atoms with Crippen molar-refractivity contribution < 1.29 is 4.79 Å². The molecular weight excluding hydrogens is 276 g/mol. The maximum atomic E-state index is 12.1. The second kappa shape index (κ2) is 8.12. The maximum absolute atomic E-state index is 12.1. The van der Waals surface area contributed by atoms with Crippen LogP contribution in [0.15, 0.2) is 42.7 Å². The van der Waals surface area contributed by atoms with E-state index in [1.807, 2.05) is 31.3 Å². The molecule has 1 amide bonds. The van der Waals surface area contributed by atoms with Gasteiger partial charge < -0.3 is 10.2 Å². The molecule has 0 aliphatic rings. The molecule has 2 aromatic rings. The van der Waals surface area contributed by atoms with Gasteiger partial charge in [0, 0.05) is 19.8 Å². The van der Waals surface area contributed by atoms with E-state index < -0.39 is 0 Å². The zero-order valence-electron chi connectivity index (χ0n) is 13.1. The molecule has 1 N–H and O–H groups in total. The van der Waals surface area contributed by atoms with Gasteiger partial charge in [0.2, 0.25) is 0 Å². The van der Waals surface area contributed by atoms with Crippen molar-refractivity contribution in [1.29, 1.82) is 0 Å². The number of carbonyl (C=O) groups excluding carboxylic acids is 1. The number of anilines is 1. The Morgan fingerprint density at radius 3 is 2.73 bits per heavy atom. The third kappa shape index (κ3) is 4.55. The van der Waals surface area contributed by atoms with Gasteiger partial charge in [-0.25, -0.2) is 4.98 Å². The predicted octanol–water partition coefficient (Wildman–Crippen LogP) is 2.64. The van der Waals surface area contributed by atoms with Crippen LogP contribution in [0.25, 0.3) is 0 Å². The van der Waals surface area contributed by atoms with Crippen LogP contribution in [0.2, 0.25) is 0 Å². The lowest BCUT2D eigenvalue weighted by Gasteiger charge is -2.18. The monoisotopic (exact) mass is 298 g/mol. The van der Waals surface area contributed by atoms with Gasteiger partial charge in [0.15, 0.2) is 0 Å². The molecule has 0 radical (unpaired) electrons. The Balaban J connectivity index is 1.90. The van der Waals surface area contributed by atoms with E-state index in [0.717, 1.165) is 30.8 Å². The zero-order chi connectivity index (χ0) is 15.8. The Hall–Kier alpha value is -2.43. The summed E-state index contributed by atoms with van der Waals surface area (Å²) in [5.41, 5.74) is 2.27. The van der Waals surface area contributed by atoms with Crippen molar-refractivity contribution in [2.75, 3.05) is 18.5 Å². The summed E-state index contributed by atoms with van der Waals surface area (Å²) in [7, 11) is 2.04. The van der Waals surface area contributed by atoms with Gasteiger partial charge in [-0.05, 0) is 30.7 Å². The molecule has 0 saturated carbocycles. The molecular formula is C17H22N4O. The molecule has 0 spiro atoms. The number of rotatable bonds is 7. The summed E-state index contributed by atoms with van der Waals surface area (Å²) >= 11 is 0. The van der Waals surface area contributed by atoms with E-state index in [4.69, 9.17) is 0 Å². The van der Waals surface area contributed by atoms with Crippen molar-refractivity contribution in [3.05, 3.63) is 54.1 Å². The van der Waals surface area contributed by atoms with Gasteiger partial charge in [0.05, 0.1) is 24.1 Å². The molecule has 0 aromatic carbocycles. The highest BCUT2D eigenvalue weighted by molar-refractivity contribution is 5.92. The molecule has 2 aromatic heterocycles. The van der Waals surface area contributed by atoms with Crippen molar-refractivity contribution in [2.24, 2.45) is 0 Å². The second-order valence-corrected chi connectivity index (χ2v) is 5.18. The maximum Gasteiger partial charge on any atom is 0.270 e. The highest BCUT2D eigenvalue weighted by Crippen LogP contribution is 2.12. The number of pyridine rings is 2. The molecule has 2 rings (SSSR count). The summed E-state index contributed by atoms with van der Waals surface area (Å²) in [6.45, 7) is 3.56. The van der Waals surface area contributed by atoms with E-state index in [1.165, 1.54) is 0 Å². The second-order valence-electron chi connectivity index (χ2n) is 5.18. The third-order valence-corrected chi connectivity index (χ3v) is 3.42. The lowest BCUT2D eigenvalue weighted by atomic mass is 10.2. The Kier molecular flexibility index (Phi) is 5.89. The molecule has 22 heavy (non-hydrogen) atoms. The normalized spacial score (nSPS) is 10.3. The fourth-order valence-electron chi connectivity index (χ4n) is 2.03. The Labute approximate surface area is 131 Å². The molecule has 5 nitrogen and oxygen atoms in total. The number of nitrogens with zero attached hydrogens (tertiary/aromatic N) is 3. The highest BCUT2D eigenvalue weighted by atomic mass is 16.1. The first-order valence-electron chi connectivity index (χ1n) is 7.56. The van der Waals surface area contributed by atoms with E-state index in [2.05, 4.69) is 27.1 Å². The van der Waals surface area contributed by atoms with Crippen LogP contribution in [0, 0.1) is 0 Å². The summed E-state index contributed by atoms with van der Waals surface area (Å²) < 4.78 is 0. The van der Waals surface area contributed by atoms with Gasteiger partial charge in [0.1, 0.15) is 5.69 Å². The van der Waals surface area contributed by atoms with Gasteiger partial charge in [-0.1, -0.05) is 19.4 Å². The molecule has 116 valence electrons. The smallest absolute Gasteiger partial charge is 0.270 e. The molecule has 0 bridgehead atoms. The fourth-order valence-corrected chi connectivity index (χ4v) is 2.03. The van der Waals surface area contributed by atoms with Crippen LogP contribution >= 0.6 is 0 Å². The predicted molar refractivity (Wildman–Crippen MR) is 87.8 cm³/mol. The van der Waals surface area contributed by atoms with Crippen molar-refractivity contribution in [3.8, 4) is 0 Å². The quantitative estimate of drug-likeness (QED) is 0.853. The Morgan fingerprint density at radius 2 is 2.09 bits per heavy atom. The van der Waals surface area contributed by atoms with Crippen LogP contribution < -0.4 is 10.2 Å². The minimum absolute atomic E-state index is 0.187. The van der Waals surface area contributed by atoms with Crippen molar-refractivity contribution in [1.82, 2.24) is 15.3 Å². The van der Waals surface area contributed by atoms with Crippen molar-refractivity contribution >= 4 is 11.6 Å². The fraction of sp³-hybridized carbons (Fsp3) is 0.353. The van der Waals surface area contributed by atoms with Crippen LogP contribution in [-0.4, -0.2) is 29.5 Å². The first-order chi connectivity index (χ1) is 10.7.